The van der Waals surface area contributed by atoms with E-state index in [2.05, 4.69) is 271 Å². The molecule has 0 spiro atoms. The van der Waals surface area contributed by atoms with Crippen LogP contribution in [0.15, 0.2) is 240 Å². The monoisotopic (exact) mass is 1010 g/mol. The van der Waals surface area contributed by atoms with Crippen molar-refractivity contribution in [3.05, 3.63) is 273 Å². The van der Waals surface area contributed by atoms with Crippen LogP contribution in [0.2, 0.25) is 0 Å². The van der Waals surface area contributed by atoms with E-state index >= 15 is 0 Å². The molecule has 12 rings (SSSR count). The molecule has 2 atom stereocenters. The Bertz CT molecular complexity index is 3670. The van der Waals surface area contributed by atoms with Crippen LogP contribution in [-0.4, -0.2) is 0 Å². The predicted molar refractivity (Wildman–Crippen MR) is 333 cm³/mol. The number of anilines is 4. The third-order valence-corrected chi connectivity index (χ3v) is 17.4. The molecule has 0 amide bonds. The van der Waals surface area contributed by atoms with E-state index in [1.165, 1.54) is 148 Å². The average molecular weight is 1020 g/mol. The summed E-state index contributed by atoms with van der Waals surface area (Å²) in [5.41, 5.74) is 31.3. The number of hydrogen-bond acceptors (Lipinski definition) is 2. The molecule has 0 aliphatic heterocycles. The first-order chi connectivity index (χ1) is 37.9. The second kappa shape index (κ2) is 21.5. The minimum Gasteiger partial charge on any atom is -0.310 e. The van der Waals surface area contributed by atoms with Gasteiger partial charge in [0, 0.05) is 39.9 Å². The maximum absolute atomic E-state index is 2.69. The van der Waals surface area contributed by atoms with Crippen molar-refractivity contribution in [3.63, 3.8) is 0 Å². The van der Waals surface area contributed by atoms with Gasteiger partial charge in [-0.1, -0.05) is 209 Å². The van der Waals surface area contributed by atoms with Crippen LogP contribution in [0.5, 0.6) is 0 Å². The Labute approximate surface area is 465 Å². The molecule has 388 valence electrons. The number of fused-ring (bicyclic) bond motifs is 4. The van der Waals surface area contributed by atoms with Crippen LogP contribution in [0, 0.1) is 39.5 Å². The SMILES string of the molecule is Cc1ccc(N(C2=C[C@H]3C(=CC(N(c4ccc(-c5ccc(-c6ccc(C(C)C)cc6)cc5)cc4)c4ccc(C)cc4C)=C4CCCCC43)C3=C2C=CCC3)c2ccc(-c3ccc(-c4ccc(C(C)C)cc4)cc3)cc2)c(C)c1. The zero-order chi connectivity index (χ0) is 53.6. The molecular formula is C76H74N2. The summed E-state index contributed by atoms with van der Waals surface area (Å²) in [4.78, 5) is 5.21. The summed E-state index contributed by atoms with van der Waals surface area (Å²) in [6.45, 7) is 18.0. The molecule has 8 aromatic carbocycles. The van der Waals surface area contributed by atoms with E-state index in [0.717, 1.165) is 19.3 Å². The van der Waals surface area contributed by atoms with Crippen molar-refractivity contribution in [2.75, 3.05) is 9.80 Å². The fraction of sp³-hybridized carbons (Fsp3) is 0.237. The third kappa shape index (κ3) is 9.87. The summed E-state index contributed by atoms with van der Waals surface area (Å²) in [6.07, 6.45) is 17.0. The van der Waals surface area contributed by atoms with E-state index in [9.17, 15) is 0 Å². The summed E-state index contributed by atoms with van der Waals surface area (Å²) in [6, 6.07) is 69.1. The lowest BCUT2D eigenvalue weighted by molar-refractivity contribution is 0.383. The normalized spacial score (nSPS) is 16.9. The van der Waals surface area contributed by atoms with Crippen LogP contribution in [0.25, 0.3) is 44.5 Å². The van der Waals surface area contributed by atoms with Crippen molar-refractivity contribution in [2.24, 2.45) is 11.8 Å². The van der Waals surface area contributed by atoms with Gasteiger partial charge in [0.05, 0.1) is 5.70 Å². The van der Waals surface area contributed by atoms with Gasteiger partial charge in [-0.15, -0.1) is 0 Å². The minimum atomic E-state index is 0.274. The lowest BCUT2D eigenvalue weighted by Crippen LogP contribution is -2.34. The van der Waals surface area contributed by atoms with Crippen LogP contribution >= 0.6 is 0 Å². The second-order valence-corrected chi connectivity index (χ2v) is 23.3. The molecule has 4 aliphatic rings. The van der Waals surface area contributed by atoms with Crippen molar-refractivity contribution >= 4 is 22.7 Å². The van der Waals surface area contributed by atoms with E-state index < -0.39 is 0 Å². The largest absolute Gasteiger partial charge is 0.310 e. The van der Waals surface area contributed by atoms with Gasteiger partial charge in [0.25, 0.3) is 0 Å². The first kappa shape index (κ1) is 50.9. The fourth-order valence-electron chi connectivity index (χ4n) is 13.0. The molecule has 0 heterocycles. The Kier molecular flexibility index (Phi) is 14.0. The van der Waals surface area contributed by atoms with Gasteiger partial charge in [0.2, 0.25) is 0 Å². The minimum absolute atomic E-state index is 0.274. The van der Waals surface area contributed by atoms with E-state index in [0.29, 0.717) is 17.8 Å². The topological polar surface area (TPSA) is 6.48 Å². The Morgan fingerprint density at radius 3 is 1.32 bits per heavy atom. The molecule has 1 saturated carbocycles. The molecule has 8 aromatic rings. The lowest BCUT2D eigenvalue weighted by Gasteiger charge is -2.45. The molecule has 1 fully saturated rings. The van der Waals surface area contributed by atoms with Gasteiger partial charge in [-0.25, -0.2) is 0 Å². The maximum Gasteiger partial charge on any atom is 0.0503 e. The predicted octanol–water partition coefficient (Wildman–Crippen LogP) is 21.4. The zero-order valence-corrected chi connectivity index (χ0v) is 47.1. The number of benzene rings is 8. The summed E-state index contributed by atoms with van der Waals surface area (Å²) in [5.74, 6) is 1.72. The number of allylic oxidation sites excluding steroid dienone is 7. The van der Waals surface area contributed by atoms with Crippen LogP contribution in [-0.2, 0) is 0 Å². The Hall–Kier alpha value is -7.94. The quantitative estimate of drug-likeness (QED) is 0.120. The van der Waals surface area contributed by atoms with Gasteiger partial charge >= 0.3 is 0 Å². The van der Waals surface area contributed by atoms with Crippen molar-refractivity contribution in [1.82, 2.24) is 0 Å². The van der Waals surface area contributed by atoms with Crippen LogP contribution in [0.4, 0.5) is 22.7 Å². The molecule has 0 aromatic heterocycles. The molecule has 2 heteroatoms. The summed E-state index contributed by atoms with van der Waals surface area (Å²) >= 11 is 0. The zero-order valence-electron chi connectivity index (χ0n) is 47.1. The summed E-state index contributed by atoms with van der Waals surface area (Å²) in [7, 11) is 0. The van der Waals surface area contributed by atoms with Gasteiger partial charge in [0.15, 0.2) is 0 Å². The highest BCUT2D eigenvalue weighted by molar-refractivity contribution is 5.82. The molecule has 0 N–H and O–H groups in total. The van der Waals surface area contributed by atoms with E-state index in [4.69, 9.17) is 0 Å². The number of aryl methyl sites for hydroxylation is 4. The summed E-state index contributed by atoms with van der Waals surface area (Å²) < 4.78 is 0. The Balaban J connectivity index is 0.915. The van der Waals surface area contributed by atoms with Gasteiger partial charge in [0.1, 0.15) is 0 Å². The number of nitrogens with zero attached hydrogens (tertiary/aromatic N) is 2. The van der Waals surface area contributed by atoms with Crippen LogP contribution in [0.1, 0.15) is 111 Å². The average Bonchev–Trinajstić information content (AvgIpc) is 3.66. The standard InChI is InChI=1S/C76H74N2/c1-49(2)55-19-23-57(24-20-55)59-27-31-61(32-28-59)63-35-39-65(40-36-63)77(73-43-17-51(5)45-53(73)7)75-47-71-68-14-10-12-16-70(68)76(48-72(71)67-13-9-11-15-69(67)75)78(74-44-18-52(6)46-54(74)8)66-41-37-64(38-42-66)62-33-29-60(30-34-62)58-25-21-56(22-26-58)50(3)4/h11,15,17-50,68,71H,9-10,12-14,16H2,1-8H3/t68?,71-/m1/s1. The molecule has 78 heavy (non-hydrogen) atoms. The Morgan fingerprint density at radius 2 is 0.872 bits per heavy atom. The molecule has 0 radical (unpaired) electrons. The van der Waals surface area contributed by atoms with Crippen molar-refractivity contribution in [1.29, 1.82) is 0 Å². The van der Waals surface area contributed by atoms with Gasteiger partial charge < -0.3 is 9.80 Å². The van der Waals surface area contributed by atoms with Gasteiger partial charge in [-0.05, 0) is 204 Å². The highest BCUT2D eigenvalue weighted by Crippen LogP contribution is 2.54. The van der Waals surface area contributed by atoms with E-state index in [1.54, 1.807) is 5.57 Å². The molecule has 1 unspecified atom stereocenters. The maximum atomic E-state index is 2.69. The van der Waals surface area contributed by atoms with E-state index in [-0.39, 0.29) is 5.92 Å². The van der Waals surface area contributed by atoms with Crippen molar-refractivity contribution in [3.8, 4) is 44.5 Å². The first-order valence-corrected chi connectivity index (χ1v) is 28.9. The number of hydrogen-bond donors (Lipinski definition) is 0. The molecule has 0 bridgehead atoms. The molecule has 4 aliphatic carbocycles. The smallest absolute Gasteiger partial charge is 0.0503 e. The van der Waals surface area contributed by atoms with E-state index in [1.807, 2.05) is 0 Å². The Morgan fingerprint density at radius 1 is 0.449 bits per heavy atom. The van der Waals surface area contributed by atoms with Crippen molar-refractivity contribution in [2.45, 2.75) is 106 Å². The summed E-state index contributed by atoms with van der Waals surface area (Å²) in [5, 5.41) is 0. The highest BCUT2D eigenvalue weighted by Gasteiger charge is 2.41. The van der Waals surface area contributed by atoms with Crippen LogP contribution < -0.4 is 9.80 Å². The lowest BCUT2D eigenvalue weighted by atomic mass is 9.64. The highest BCUT2D eigenvalue weighted by atomic mass is 15.2. The van der Waals surface area contributed by atoms with Gasteiger partial charge in [-0.2, -0.15) is 0 Å². The van der Waals surface area contributed by atoms with Crippen molar-refractivity contribution < 1.29 is 0 Å². The molecule has 2 nitrogen and oxygen atoms in total. The van der Waals surface area contributed by atoms with Gasteiger partial charge in [-0.3, -0.25) is 0 Å². The third-order valence-electron chi connectivity index (χ3n) is 17.4. The molecular weight excluding hydrogens is 941 g/mol. The van der Waals surface area contributed by atoms with Crippen LogP contribution in [0.3, 0.4) is 0 Å². The second-order valence-electron chi connectivity index (χ2n) is 23.3. The first-order valence-electron chi connectivity index (χ1n) is 28.9. The molecule has 0 saturated heterocycles. The fourth-order valence-corrected chi connectivity index (χ4v) is 13.0. The number of rotatable bonds is 12.